The van der Waals surface area contributed by atoms with Gasteiger partial charge >= 0.3 is 0 Å². The van der Waals surface area contributed by atoms with Gasteiger partial charge in [0.15, 0.2) is 0 Å². The van der Waals surface area contributed by atoms with E-state index < -0.39 is 0 Å². The van der Waals surface area contributed by atoms with Gasteiger partial charge in [0.05, 0.1) is 6.10 Å². The molecule has 1 N–H and O–H groups in total. The Morgan fingerprint density at radius 3 is 2.14 bits per heavy atom. The summed E-state index contributed by atoms with van der Waals surface area (Å²) in [5, 5.41) is 2.91. The van der Waals surface area contributed by atoms with Crippen molar-refractivity contribution in [3.63, 3.8) is 0 Å². The summed E-state index contributed by atoms with van der Waals surface area (Å²) in [6, 6.07) is 0.158. The molecule has 0 aliphatic carbocycles. The summed E-state index contributed by atoms with van der Waals surface area (Å²) >= 11 is 0. The summed E-state index contributed by atoms with van der Waals surface area (Å²) in [7, 11) is 0. The first-order valence-corrected chi connectivity index (χ1v) is 5.14. The van der Waals surface area contributed by atoms with E-state index in [2.05, 4.69) is 26.1 Å². The van der Waals surface area contributed by atoms with Crippen molar-refractivity contribution in [2.45, 2.75) is 53.7 Å². The minimum absolute atomic E-state index is 0.0406. The summed E-state index contributed by atoms with van der Waals surface area (Å²) in [5.41, 5.74) is 0.0908. The molecule has 0 fully saturated rings. The number of nitrogens with one attached hydrogen (secondary N) is 1. The van der Waals surface area contributed by atoms with Gasteiger partial charge in [0.1, 0.15) is 6.61 Å². The van der Waals surface area contributed by atoms with Crippen molar-refractivity contribution >= 4 is 5.91 Å². The molecular formula is C11H23NO2. The van der Waals surface area contributed by atoms with Crippen LogP contribution in [-0.4, -0.2) is 24.7 Å². The van der Waals surface area contributed by atoms with Crippen LogP contribution >= 0.6 is 0 Å². The maximum Gasteiger partial charge on any atom is 0.246 e. The van der Waals surface area contributed by atoms with Gasteiger partial charge < -0.3 is 10.1 Å². The number of carbonyl (C=O) groups excluding carboxylic acids is 1. The van der Waals surface area contributed by atoms with Gasteiger partial charge in [-0.25, -0.2) is 0 Å². The molecule has 0 rings (SSSR count). The molecule has 3 nitrogen and oxygen atoms in total. The molecular weight excluding hydrogens is 178 g/mol. The molecule has 0 saturated heterocycles. The van der Waals surface area contributed by atoms with E-state index in [1.165, 1.54) is 0 Å². The monoisotopic (exact) mass is 201 g/mol. The zero-order valence-electron chi connectivity index (χ0n) is 10.2. The lowest BCUT2D eigenvalue weighted by Gasteiger charge is -2.28. The second-order valence-electron chi connectivity index (χ2n) is 5.01. The second-order valence-corrected chi connectivity index (χ2v) is 5.01. The van der Waals surface area contributed by atoms with Gasteiger partial charge in [0.25, 0.3) is 0 Å². The second kappa shape index (κ2) is 5.35. The predicted octanol–water partition coefficient (Wildman–Crippen LogP) is 1.96. The van der Waals surface area contributed by atoms with Crippen LogP contribution in [0.15, 0.2) is 0 Å². The summed E-state index contributed by atoms with van der Waals surface area (Å²) in [5.74, 6) is -0.0406. The Morgan fingerprint density at radius 2 is 1.79 bits per heavy atom. The first kappa shape index (κ1) is 13.4. The van der Waals surface area contributed by atoms with E-state index in [0.717, 1.165) is 0 Å². The van der Waals surface area contributed by atoms with Crippen LogP contribution in [0.2, 0.25) is 0 Å². The molecule has 0 aliphatic heterocycles. The summed E-state index contributed by atoms with van der Waals surface area (Å²) in [6.45, 7) is 12.3. The number of carbonyl (C=O) groups is 1. The zero-order chi connectivity index (χ0) is 11.4. The van der Waals surface area contributed by atoms with E-state index in [9.17, 15) is 4.79 Å². The highest BCUT2D eigenvalue weighted by atomic mass is 16.5. The Kier molecular flexibility index (Phi) is 5.13. The summed E-state index contributed by atoms with van der Waals surface area (Å²) in [6.07, 6.45) is 0.102. The van der Waals surface area contributed by atoms with Crippen LogP contribution in [-0.2, 0) is 9.53 Å². The van der Waals surface area contributed by atoms with Crippen LogP contribution in [0, 0.1) is 5.41 Å². The van der Waals surface area contributed by atoms with Crippen LogP contribution in [0.25, 0.3) is 0 Å². The molecule has 1 unspecified atom stereocenters. The molecule has 0 saturated carbocycles. The predicted molar refractivity (Wildman–Crippen MR) is 58.1 cm³/mol. The van der Waals surface area contributed by atoms with E-state index in [1.807, 2.05) is 20.8 Å². The molecule has 0 aromatic rings. The zero-order valence-corrected chi connectivity index (χ0v) is 10.2. The van der Waals surface area contributed by atoms with Crippen LogP contribution in [0.5, 0.6) is 0 Å². The van der Waals surface area contributed by atoms with Gasteiger partial charge in [-0.05, 0) is 26.2 Å². The fourth-order valence-electron chi connectivity index (χ4n) is 0.742. The highest BCUT2D eigenvalue weighted by molar-refractivity contribution is 5.77. The van der Waals surface area contributed by atoms with Crippen molar-refractivity contribution in [2.75, 3.05) is 6.61 Å². The molecule has 1 atom stereocenters. The maximum absolute atomic E-state index is 11.4. The molecule has 0 aromatic heterocycles. The highest BCUT2D eigenvalue weighted by Gasteiger charge is 2.21. The molecule has 0 aliphatic rings. The lowest BCUT2D eigenvalue weighted by atomic mass is 9.88. The largest absolute Gasteiger partial charge is 0.369 e. The smallest absolute Gasteiger partial charge is 0.246 e. The molecule has 0 bridgehead atoms. The molecule has 3 heteroatoms. The van der Waals surface area contributed by atoms with Crippen molar-refractivity contribution in [3.8, 4) is 0 Å². The van der Waals surface area contributed by atoms with E-state index in [0.29, 0.717) is 0 Å². The fraction of sp³-hybridized carbons (Fsp3) is 0.909. The van der Waals surface area contributed by atoms with E-state index in [1.54, 1.807) is 0 Å². The summed E-state index contributed by atoms with van der Waals surface area (Å²) in [4.78, 5) is 11.4. The summed E-state index contributed by atoms with van der Waals surface area (Å²) < 4.78 is 5.21. The van der Waals surface area contributed by atoms with Crippen molar-refractivity contribution in [2.24, 2.45) is 5.41 Å². The molecule has 0 aromatic carbocycles. The van der Waals surface area contributed by atoms with Crippen LogP contribution in [0.3, 0.4) is 0 Å². The third kappa shape index (κ3) is 5.97. The first-order valence-electron chi connectivity index (χ1n) is 5.14. The average molecular weight is 201 g/mol. The number of hydrogen-bond donors (Lipinski definition) is 1. The molecule has 0 heterocycles. The van der Waals surface area contributed by atoms with Crippen molar-refractivity contribution < 1.29 is 9.53 Å². The topological polar surface area (TPSA) is 38.3 Å². The lowest BCUT2D eigenvalue weighted by Crippen LogP contribution is -2.43. The normalized spacial score (nSPS) is 14.2. The number of hydrogen-bond acceptors (Lipinski definition) is 2. The van der Waals surface area contributed by atoms with Crippen LogP contribution < -0.4 is 5.32 Å². The van der Waals surface area contributed by atoms with E-state index in [-0.39, 0.29) is 30.1 Å². The molecule has 84 valence electrons. The Balaban J connectivity index is 3.84. The van der Waals surface area contributed by atoms with Gasteiger partial charge in [-0.3, -0.25) is 4.79 Å². The maximum atomic E-state index is 11.4. The first-order chi connectivity index (χ1) is 6.23. The SMILES string of the molecule is CC(C)OCC(=O)NC(C)C(C)(C)C. The van der Waals surface area contributed by atoms with Crippen LogP contribution in [0.1, 0.15) is 41.5 Å². The molecule has 0 spiro atoms. The van der Waals surface area contributed by atoms with Gasteiger partial charge in [-0.2, -0.15) is 0 Å². The molecule has 0 radical (unpaired) electrons. The van der Waals surface area contributed by atoms with Gasteiger partial charge in [0, 0.05) is 6.04 Å². The number of ether oxygens (including phenoxy) is 1. The van der Waals surface area contributed by atoms with Crippen molar-refractivity contribution in [1.29, 1.82) is 0 Å². The number of amides is 1. The minimum Gasteiger partial charge on any atom is -0.369 e. The van der Waals surface area contributed by atoms with E-state index in [4.69, 9.17) is 4.74 Å². The van der Waals surface area contributed by atoms with Crippen molar-refractivity contribution in [3.05, 3.63) is 0 Å². The lowest BCUT2D eigenvalue weighted by molar-refractivity contribution is -0.128. The van der Waals surface area contributed by atoms with Crippen LogP contribution in [0.4, 0.5) is 0 Å². The minimum atomic E-state index is -0.0406. The quantitative estimate of drug-likeness (QED) is 0.755. The Morgan fingerprint density at radius 1 is 1.29 bits per heavy atom. The third-order valence-corrected chi connectivity index (χ3v) is 2.22. The van der Waals surface area contributed by atoms with Gasteiger partial charge in [-0.1, -0.05) is 20.8 Å². The highest BCUT2D eigenvalue weighted by Crippen LogP contribution is 2.18. The fourth-order valence-corrected chi connectivity index (χ4v) is 0.742. The van der Waals surface area contributed by atoms with Gasteiger partial charge in [0.2, 0.25) is 5.91 Å². The third-order valence-electron chi connectivity index (χ3n) is 2.22. The van der Waals surface area contributed by atoms with Crippen molar-refractivity contribution in [1.82, 2.24) is 5.32 Å². The Labute approximate surface area is 87.2 Å². The Hall–Kier alpha value is -0.570. The standard InChI is InChI=1S/C11H23NO2/c1-8(2)14-7-10(13)12-9(3)11(4,5)6/h8-9H,7H2,1-6H3,(H,12,13). The van der Waals surface area contributed by atoms with Gasteiger partial charge in [-0.15, -0.1) is 0 Å². The number of rotatable bonds is 4. The average Bonchev–Trinajstić information content (AvgIpc) is 1.99. The van der Waals surface area contributed by atoms with E-state index >= 15 is 0 Å². The molecule has 14 heavy (non-hydrogen) atoms. The Bertz CT molecular complexity index is 182. The molecule has 1 amide bonds.